The normalized spacial score (nSPS) is 16.0. The lowest BCUT2D eigenvalue weighted by atomic mass is 10.1. The molecule has 30 heavy (non-hydrogen) atoms. The highest BCUT2D eigenvalue weighted by atomic mass is 16.2. The van der Waals surface area contributed by atoms with Crippen molar-refractivity contribution in [2.75, 3.05) is 18.4 Å². The monoisotopic (exact) mass is 395 g/mol. The van der Waals surface area contributed by atoms with E-state index in [0.29, 0.717) is 24.6 Å². The summed E-state index contributed by atoms with van der Waals surface area (Å²) in [4.78, 5) is 28.3. The highest BCUT2D eigenvalue weighted by molar-refractivity contribution is 5.93. The Labute approximate surface area is 174 Å². The molecule has 2 aromatic carbocycles. The molecule has 0 unspecified atom stereocenters. The van der Waals surface area contributed by atoms with Crippen molar-refractivity contribution < 1.29 is 4.79 Å². The van der Waals surface area contributed by atoms with Crippen LogP contribution in [0.3, 0.4) is 0 Å². The minimum Gasteiger partial charge on any atom is -0.365 e. The van der Waals surface area contributed by atoms with Crippen LogP contribution in [-0.2, 0) is 0 Å². The average molecular weight is 395 g/mol. The van der Waals surface area contributed by atoms with Crippen LogP contribution in [0.5, 0.6) is 0 Å². The first-order valence-electron chi connectivity index (χ1n) is 10.1. The molecule has 148 valence electrons. The third-order valence-corrected chi connectivity index (χ3v) is 5.34. The standard InChI is InChI=1S/C24H21N5O/c30-24(21-12-6-7-14-25-21)29-15-13-18(16-29)26-23-19-10-4-5-11-20(19)27-22(28-23)17-8-2-1-3-9-17/h1-12,14,18H,13,15-16H2,(H,26,27,28)/t18-/m1/s1. The van der Waals surface area contributed by atoms with Gasteiger partial charge < -0.3 is 10.2 Å². The summed E-state index contributed by atoms with van der Waals surface area (Å²) in [6.45, 7) is 1.32. The van der Waals surface area contributed by atoms with E-state index in [9.17, 15) is 4.79 Å². The molecule has 1 saturated heterocycles. The molecule has 1 N–H and O–H groups in total. The van der Waals surface area contributed by atoms with E-state index in [0.717, 1.165) is 28.7 Å². The number of carbonyl (C=O) groups excluding carboxylic acids is 1. The number of nitrogens with one attached hydrogen (secondary N) is 1. The molecule has 0 spiro atoms. The lowest BCUT2D eigenvalue weighted by Gasteiger charge is -2.18. The van der Waals surface area contributed by atoms with Crippen molar-refractivity contribution in [1.82, 2.24) is 19.9 Å². The fourth-order valence-corrected chi connectivity index (χ4v) is 3.81. The van der Waals surface area contributed by atoms with E-state index in [1.54, 1.807) is 12.3 Å². The number of anilines is 1. The number of benzene rings is 2. The lowest BCUT2D eigenvalue weighted by molar-refractivity contribution is 0.0786. The van der Waals surface area contributed by atoms with Crippen molar-refractivity contribution in [2.45, 2.75) is 12.5 Å². The van der Waals surface area contributed by atoms with Gasteiger partial charge in [0.2, 0.25) is 0 Å². The van der Waals surface area contributed by atoms with Crippen molar-refractivity contribution in [3.8, 4) is 11.4 Å². The van der Waals surface area contributed by atoms with Gasteiger partial charge in [0.1, 0.15) is 11.5 Å². The van der Waals surface area contributed by atoms with Gasteiger partial charge in [-0.1, -0.05) is 48.5 Å². The second-order valence-electron chi connectivity index (χ2n) is 7.38. The van der Waals surface area contributed by atoms with Crippen LogP contribution in [0, 0.1) is 0 Å². The first-order valence-corrected chi connectivity index (χ1v) is 10.1. The van der Waals surface area contributed by atoms with Crippen LogP contribution in [-0.4, -0.2) is 44.9 Å². The molecular formula is C24H21N5O. The molecule has 6 nitrogen and oxygen atoms in total. The number of fused-ring (bicyclic) bond motifs is 1. The summed E-state index contributed by atoms with van der Waals surface area (Å²) in [5.74, 6) is 1.46. The molecule has 1 atom stereocenters. The van der Waals surface area contributed by atoms with Gasteiger partial charge in [0.25, 0.3) is 5.91 Å². The van der Waals surface area contributed by atoms with Gasteiger partial charge in [-0.25, -0.2) is 9.97 Å². The Morgan fingerprint density at radius 2 is 1.73 bits per heavy atom. The molecule has 0 saturated carbocycles. The molecular weight excluding hydrogens is 374 g/mol. The van der Waals surface area contributed by atoms with E-state index in [1.807, 2.05) is 71.6 Å². The summed E-state index contributed by atoms with van der Waals surface area (Å²) in [5.41, 5.74) is 2.36. The van der Waals surface area contributed by atoms with Crippen LogP contribution in [0.4, 0.5) is 5.82 Å². The molecule has 6 heteroatoms. The summed E-state index contributed by atoms with van der Waals surface area (Å²) >= 11 is 0. The van der Waals surface area contributed by atoms with Gasteiger partial charge in [-0.05, 0) is 30.7 Å². The van der Waals surface area contributed by atoms with Gasteiger partial charge in [0.05, 0.1) is 5.52 Å². The van der Waals surface area contributed by atoms with Gasteiger partial charge >= 0.3 is 0 Å². The smallest absolute Gasteiger partial charge is 0.272 e. The minimum atomic E-state index is -0.0302. The molecule has 1 aliphatic rings. The molecule has 2 aromatic heterocycles. The molecule has 0 aliphatic carbocycles. The summed E-state index contributed by atoms with van der Waals surface area (Å²) < 4.78 is 0. The predicted octanol–water partition coefficient (Wildman–Crippen LogP) is 4.02. The number of para-hydroxylation sites is 1. The zero-order valence-electron chi connectivity index (χ0n) is 16.4. The summed E-state index contributed by atoms with van der Waals surface area (Å²) in [6, 6.07) is 23.5. The number of nitrogens with zero attached hydrogens (tertiary/aromatic N) is 4. The maximum atomic E-state index is 12.7. The fourth-order valence-electron chi connectivity index (χ4n) is 3.81. The maximum absolute atomic E-state index is 12.7. The Bertz CT molecular complexity index is 1180. The van der Waals surface area contributed by atoms with Crippen LogP contribution in [0.15, 0.2) is 79.0 Å². The highest BCUT2D eigenvalue weighted by Gasteiger charge is 2.28. The van der Waals surface area contributed by atoms with Crippen LogP contribution >= 0.6 is 0 Å². The quantitative estimate of drug-likeness (QED) is 0.565. The van der Waals surface area contributed by atoms with Crippen molar-refractivity contribution in [3.63, 3.8) is 0 Å². The molecule has 5 rings (SSSR count). The maximum Gasteiger partial charge on any atom is 0.272 e. The first-order chi connectivity index (χ1) is 14.8. The van der Waals surface area contributed by atoms with Crippen molar-refractivity contribution in [1.29, 1.82) is 0 Å². The van der Waals surface area contributed by atoms with Gasteiger partial charge in [-0.15, -0.1) is 0 Å². The van der Waals surface area contributed by atoms with E-state index in [2.05, 4.69) is 10.3 Å². The second-order valence-corrected chi connectivity index (χ2v) is 7.38. The third kappa shape index (κ3) is 3.59. The van der Waals surface area contributed by atoms with Crippen molar-refractivity contribution in [3.05, 3.63) is 84.7 Å². The van der Waals surface area contributed by atoms with Gasteiger partial charge in [-0.3, -0.25) is 9.78 Å². The Hall–Kier alpha value is -3.80. The Morgan fingerprint density at radius 3 is 2.57 bits per heavy atom. The minimum absolute atomic E-state index is 0.0302. The highest BCUT2D eigenvalue weighted by Crippen LogP contribution is 2.26. The van der Waals surface area contributed by atoms with Crippen LogP contribution in [0.2, 0.25) is 0 Å². The molecule has 0 bridgehead atoms. The second kappa shape index (κ2) is 7.91. The summed E-state index contributed by atoms with van der Waals surface area (Å²) in [7, 11) is 0. The number of hydrogen-bond donors (Lipinski definition) is 1. The van der Waals surface area contributed by atoms with Gasteiger partial charge in [0.15, 0.2) is 5.82 Å². The Kier molecular flexibility index (Phi) is 4.81. The molecule has 4 aromatic rings. The Morgan fingerprint density at radius 1 is 0.933 bits per heavy atom. The van der Waals surface area contributed by atoms with Crippen molar-refractivity contribution in [2.24, 2.45) is 0 Å². The number of carbonyl (C=O) groups is 1. The lowest BCUT2D eigenvalue weighted by Crippen LogP contribution is -2.32. The molecule has 0 radical (unpaired) electrons. The zero-order chi connectivity index (χ0) is 20.3. The molecule has 1 aliphatic heterocycles. The first kappa shape index (κ1) is 18.2. The topological polar surface area (TPSA) is 71.0 Å². The van der Waals surface area contributed by atoms with Crippen molar-refractivity contribution >= 4 is 22.6 Å². The predicted molar refractivity (Wildman–Crippen MR) is 117 cm³/mol. The molecule has 1 amide bonds. The van der Waals surface area contributed by atoms with E-state index < -0.39 is 0 Å². The van der Waals surface area contributed by atoms with E-state index in [-0.39, 0.29) is 11.9 Å². The fraction of sp³-hybridized carbons (Fsp3) is 0.167. The van der Waals surface area contributed by atoms with Crippen LogP contribution in [0.1, 0.15) is 16.9 Å². The summed E-state index contributed by atoms with van der Waals surface area (Å²) in [5, 5.41) is 4.54. The number of pyridine rings is 1. The summed E-state index contributed by atoms with van der Waals surface area (Å²) in [6.07, 6.45) is 2.51. The van der Waals surface area contributed by atoms with Gasteiger partial charge in [-0.2, -0.15) is 0 Å². The largest absolute Gasteiger partial charge is 0.365 e. The zero-order valence-corrected chi connectivity index (χ0v) is 16.4. The Balaban J connectivity index is 1.41. The molecule has 3 heterocycles. The van der Waals surface area contributed by atoms with E-state index in [1.165, 1.54) is 0 Å². The van der Waals surface area contributed by atoms with Crippen LogP contribution < -0.4 is 5.32 Å². The molecule has 1 fully saturated rings. The number of likely N-dealkylation sites (tertiary alicyclic amines) is 1. The average Bonchev–Trinajstić information content (AvgIpc) is 3.28. The van der Waals surface area contributed by atoms with Gasteiger partial charge in [0, 0.05) is 36.3 Å². The SMILES string of the molecule is O=C(c1ccccn1)N1CC[C@@H](Nc2nc(-c3ccccc3)nc3ccccc23)C1. The van der Waals surface area contributed by atoms with E-state index in [4.69, 9.17) is 9.97 Å². The number of aromatic nitrogens is 3. The van der Waals surface area contributed by atoms with Crippen LogP contribution in [0.25, 0.3) is 22.3 Å². The number of amides is 1. The third-order valence-electron chi connectivity index (χ3n) is 5.34. The van der Waals surface area contributed by atoms with E-state index >= 15 is 0 Å². The number of hydrogen-bond acceptors (Lipinski definition) is 5. The number of rotatable bonds is 4.